The third-order valence-corrected chi connectivity index (χ3v) is 4.70. The van der Waals surface area contributed by atoms with Gasteiger partial charge in [0.25, 0.3) is 0 Å². The van der Waals surface area contributed by atoms with Crippen LogP contribution >= 0.6 is 0 Å². The number of hydrogen-bond donors (Lipinski definition) is 2. The molecule has 0 aromatic rings. The first-order valence-corrected chi connectivity index (χ1v) is 8.24. The van der Waals surface area contributed by atoms with E-state index >= 15 is 0 Å². The van der Waals surface area contributed by atoms with Gasteiger partial charge in [-0.1, -0.05) is 13.8 Å². The molecule has 116 valence electrons. The molecule has 0 bridgehead atoms. The number of carbonyl (C=O) groups excluding carboxylic acids is 1. The van der Waals surface area contributed by atoms with Crippen LogP contribution in [-0.4, -0.2) is 48.6 Å². The van der Waals surface area contributed by atoms with E-state index in [-0.39, 0.29) is 11.9 Å². The van der Waals surface area contributed by atoms with Gasteiger partial charge in [-0.2, -0.15) is 0 Å². The van der Waals surface area contributed by atoms with Crippen LogP contribution < -0.4 is 10.6 Å². The van der Waals surface area contributed by atoms with Gasteiger partial charge >= 0.3 is 0 Å². The van der Waals surface area contributed by atoms with Crippen LogP contribution in [0, 0.1) is 11.8 Å². The van der Waals surface area contributed by atoms with Crippen LogP contribution in [0.4, 0.5) is 0 Å². The van der Waals surface area contributed by atoms with E-state index in [4.69, 9.17) is 0 Å². The van der Waals surface area contributed by atoms with E-state index in [0.29, 0.717) is 12.1 Å². The Morgan fingerprint density at radius 2 is 1.80 bits per heavy atom. The van der Waals surface area contributed by atoms with Gasteiger partial charge in [0.15, 0.2) is 0 Å². The minimum absolute atomic E-state index is 0.0338. The van der Waals surface area contributed by atoms with Gasteiger partial charge in [0.2, 0.25) is 5.91 Å². The molecule has 2 N–H and O–H groups in total. The summed E-state index contributed by atoms with van der Waals surface area (Å²) in [5.41, 5.74) is 0. The SMILES string of the molecule is CC1CC(C)CC(NCCN2CC(C)NC(C)C2=O)C1. The number of carbonyl (C=O) groups is 1. The topological polar surface area (TPSA) is 44.4 Å². The fourth-order valence-electron chi connectivity index (χ4n) is 3.96. The maximum absolute atomic E-state index is 12.1. The van der Waals surface area contributed by atoms with Crippen molar-refractivity contribution in [2.75, 3.05) is 19.6 Å². The van der Waals surface area contributed by atoms with Crippen LogP contribution in [0.1, 0.15) is 47.0 Å². The molecule has 1 aliphatic heterocycles. The summed E-state index contributed by atoms with van der Waals surface area (Å²) in [6.45, 7) is 11.4. The van der Waals surface area contributed by atoms with Gasteiger partial charge in [0.1, 0.15) is 0 Å². The molecular formula is C16H31N3O. The monoisotopic (exact) mass is 281 g/mol. The summed E-state index contributed by atoms with van der Waals surface area (Å²) in [4.78, 5) is 14.1. The second-order valence-corrected chi connectivity index (χ2v) is 7.14. The Balaban J connectivity index is 1.73. The highest BCUT2D eigenvalue weighted by Gasteiger charge is 2.28. The summed E-state index contributed by atoms with van der Waals surface area (Å²) in [5.74, 6) is 1.91. The first kappa shape index (κ1) is 15.8. The third kappa shape index (κ3) is 4.19. The summed E-state index contributed by atoms with van der Waals surface area (Å²) in [5, 5.41) is 6.96. The number of hydrogen-bond acceptors (Lipinski definition) is 3. The maximum Gasteiger partial charge on any atom is 0.239 e. The van der Waals surface area contributed by atoms with Gasteiger partial charge < -0.3 is 15.5 Å². The number of nitrogens with one attached hydrogen (secondary N) is 2. The second-order valence-electron chi connectivity index (χ2n) is 7.14. The average molecular weight is 281 g/mol. The molecule has 0 spiro atoms. The third-order valence-electron chi connectivity index (χ3n) is 4.70. The zero-order valence-electron chi connectivity index (χ0n) is 13.5. The molecular weight excluding hydrogens is 250 g/mol. The Labute approximate surface area is 123 Å². The lowest BCUT2D eigenvalue weighted by molar-refractivity contribution is -0.136. The van der Waals surface area contributed by atoms with Crippen molar-refractivity contribution in [1.29, 1.82) is 0 Å². The van der Waals surface area contributed by atoms with Gasteiger partial charge in [-0.25, -0.2) is 0 Å². The van der Waals surface area contributed by atoms with Crippen LogP contribution in [-0.2, 0) is 4.79 Å². The zero-order valence-corrected chi connectivity index (χ0v) is 13.5. The quantitative estimate of drug-likeness (QED) is 0.823. The molecule has 1 saturated carbocycles. The molecule has 1 amide bonds. The van der Waals surface area contributed by atoms with E-state index in [1.807, 2.05) is 11.8 Å². The highest BCUT2D eigenvalue weighted by Crippen LogP contribution is 2.28. The highest BCUT2D eigenvalue weighted by molar-refractivity contribution is 5.82. The van der Waals surface area contributed by atoms with Crippen molar-refractivity contribution in [3.05, 3.63) is 0 Å². The summed E-state index contributed by atoms with van der Waals surface area (Å²) in [6, 6.07) is 1.01. The Kier molecular flexibility index (Phi) is 5.44. The molecule has 1 saturated heterocycles. The van der Waals surface area contributed by atoms with Crippen molar-refractivity contribution in [3.63, 3.8) is 0 Å². The molecule has 4 unspecified atom stereocenters. The first-order chi connectivity index (χ1) is 9.45. The molecule has 2 fully saturated rings. The van der Waals surface area contributed by atoms with Crippen molar-refractivity contribution < 1.29 is 4.79 Å². The van der Waals surface area contributed by atoms with Crippen molar-refractivity contribution >= 4 is 5.91 Å². The number of piperazine rings is 1. The van der Waals surface area contributed by atoms with E-state index < -0.39 is 0 Å². The Bertz CT molecular complexity index is 324. The van der Waals surface area contributed by atoms with Crippen LogP contribution in [0.25, 0.3) is 0 Å². The predicted octanol–water partition coefficient (Wildman–Crippen LogP) is 1.61. The van der Waals surface area contributed by atoms with Gasteiger partial charge in [-0.05, 0) is 44.9 Å². The summed E-state index contributed by atoms with van der Waals surface area (Å²) >= 11 is 0. The molecule has 0 aromatic heterocycles. The zero-order chi connectivity index (χ0) is 14.7. The van der Waals surface area contributed by atoms with Crippen molar-refractivity contribution in [3.8, 4) is 0 Å². The van der Waals surface area contributed by atoms with Crippen LogP contribution in [0.3, 0.4) is 0 Å². The first-order valence-electron chi connectivity index (χ1n) is 8.24. The van der Waals surface area contributed by atoms with Crippen LogP contribution in [0.5, 0.6) is 0 Å². The Hall–Kier alpha value is -0.610. The van der Waals surface area contributed by atoms with Gasteiger partial charge in [-0.15, -0.1) is 0 Å². The van der Waals surface area contributed by atoms with Crippen molar-refractivity contribution in [2.45, 2.75) is 65.1 Å². The standard InChI is InChI=1S/C16H31N3O/c1-11-7-12(2)9-15(8-11)17-5-6-19-10-13(3)18-14(4)16(19)20/h11-15,17-18H,5-10H2,1-4H3. The average Bonchev–Trinajstić information content (AvgIpc) is 2.34. The lowest BCUT2D eigenvalue weighted by atomic mass is 9.80. The minimum atomic E-state index is -0.0338. The summed E-state index contributed by atoms with van der Waals surface area (Å²) in [7, 11) is 0. The number of nitrogens with zero attached hydrogens (tertiary/aromatic N) is 1. The lowest BCUT2D eigenvalue weighted by Gasteiger charge is -2.37. The summed E-state index contributed by atoms with van der Waals surface area (Å²) < 4.78 is 0. The lowest BCUT2D eigenvalue weighted by Crippen LogP contribution is -2.59. The van der Waals surface area contributed by atoms with Gasteiger partial charge in [0.05, 0.1) is 6.04 Å². The molecule has 0 radical (unpaired) electrons. The molecule has 20 heavy (non-hydrogen) atoms. The van der Waals surface area contributed by atoms with E-state index in [9.17, 15) is 4.79 Å². The minimum Gasteiger partial charge on any atom is -0.339 e. The molecule has 4 atom stereocenters. The van der Waals surface area contributed by atoms with Crippen molar-refractivity contribution in [1.82, 2.24) is 15.5 Å². The molecule has 1 heterocycles. The molecule has 2 rings (SSSR count). The van der Waals surface area contributed by atoms with E-state index in [0.717, 1.165) is 31.5 Å². The fraction of sp³-hybridized carbons (Fsp3) is 0.938. The second kappa shape index (κ2) is 6.90. The van der Waals surface area contributed by atoms with E-state index in [2.05, 4.69) is 31.4 Å². The van der Waals surface area contributed by atoms with Gasteiger partial charge in [-0.3, -0.25) is 4.79 Å². The Morgan fingerprint density at radius 3 is 2.45 bits per heavy atom. The number of amides is 1. The van der Waals surface area contributed by atoms with E-state index in [1.54, 1.807) is 0 Å². The van der Waals surface area contributed by atoms with E-state index in [1.165, 1.54) is 19.3 Å². The smallest absolute Gasteiger partial charge is 0.239 e. The fourth-order valence-corrected chi connectivity index (χ4v) is 3.96. The van der Waals surface area contributed by atoms with Gasteiger partial charge in [0, 0.05) is 31.7 Å². The molecule has 0 aromatic carbocycles. The summed E-state index contributed by atoms with van der Waals surface area (Å²) in [6.07, 6.45) is 3.93. The largest absolute Gasteiger partial charge is 0.339 e. The molecule has 4 heteroatoms. The predicted molar refractivity (Wildman–Crippen MR) is 82.6 cm³/mol. The van der Waals surface area contributed by atoms with Crippen LogP contribution in [0.15, 0.2) is 0 Å². The molecule has 4 nitrogen and oxygen atoms in total. The molecule has 2 aliphatic rings. The maximum atomic E-state index is 12.1. The number of rotatable bonds is 4. The van der Waals surface area contributed by atoms with Crippen molar-refractivity contribution in [2.24, 2.45) is 11.8 Å². The van der Waals surface area contributed by atoms with Crippen LogP contribution in [0.2, 0.25) is 0 Å². The molecule has 1 aliphatic carbocycles. The Morgan fingerprint density at radius 1 is 1.15 bits per heavy atom. The normalized spacial score (nSPS) is 39.1. The highest BCUT2D eigenvalue weighted by atomic mass is 16.2.